The Bertz CT molecular complexity index is 446. The molecule has 0 spiro atoms. The zero-order valence-corrected chi connectivity index (χ0v) is 13.5. The van der Waals surface area contributed by atoms with E-state index in [0.29, 0.717) is 12.2 Å². The highest BCUT2D eigenvalue weighted by molar-refractivity contribution is 7.80. The van der Waals surface area contributed by atoms with Crippen molar-refractivity contribution in [1.29, 1.82) is 0 Å². The third kappa shape index (κ3) is 2.48. The number of Topliss-reactive ketones (excluding diaryl/α,β-unsaturated/α-hetero) is 4. The van der Waals surface area contributed by atoms with Gasteiger partial charge in [-0.25, -0.2) is 0 Å². The zero-order valence-electron chi connectivity index (χ0n) is 12.6. The summed E-state index contributed by atoms with van der Waals surface area (Å²) in [5, 5.41) is 0. The summed E-state index contributed by atoms with van der Waals surface area (Å²) in [6.07, 6.45) is 0.508. The van der Waals surface area contributed by atoms with E-state index in [1.165, 1.54) is 27.7 Å². The molecule has 5 heteroatoms. The van der Waals surface area contributed by atoms with E-state index in [-0.39, 0.29) is 5.78 Å². The lowest BCUT2D eigenvalue weighted by atomic mass is 9.57. The minimum absolute atomic E-state index is 0.386. The molecule has 0 aliphatic heterocycles. The van der Waals surface area contributed by atoms with E-state index in [1.807, 2.05) is 0 Å². The molecule has 112 valence electrons. The van der Waals surface area contributed by atoms with Gasteiger partial charge in [0.05, 0.1) is 10.8 Å². The van der Waals surface area contributed by atoms with E-state index in [2.05, 4.69) is 12.6 Å². The third-order valence-electron chi connectivity index (χ3n) is 4.22. The summed E-state index contributed by atoms with van der Waals surface area (Å²) in [7, 11) is 0. The van der Waals surface area contributed by atoms with Crippen LogP contribution in [0.4, 0.5) is 0 Å². The smallest absolute Gasteiger partial charge is 0.163 e. The molecule has 1 aliphatic carbocycles. The van der Waals surface area contributed by atoms with E-state index in [0.717, 1.165) is 0 Å². The maximum Gasteiger partial charge on any atom is 0.163 e. The van der Waals surface area contributed by atoms with E-state index >= 15 is 0 Å². The maximum absolute atomic E-state index is 12.4. The molecule has 0 amide bonds. The molecular weight excluding hydrogens is 276 g/mol. The van der Waals surface area contributed by atoms with Gasteiger partial charge in [-0.3, -0.25) is 19.2 Å². The Labute approximate surface area is 125 Å². The summed E-state index contributed by atoms with van der Waals surface area (Å²) >= 11 is 4.07. The first-order chi connectivity index (χ1) is 8.99. The van der Waals surface area contributed by atoms with Crippen molar-refractivity contribution < 1.29 is 19.2 Å². The predicted octanol–water partition coefficient (Wildman–Crippen LogP) is 1.90. The van der Waals surface area contributed by atoms with Crippen molar-refractivity contribution in [2.75, 3.05) is 5.75 Å². The second-order valence-electron chi connectivity index (χ2n) is 6.56. The van der Waals surface area contributed by atoms with Crippen LogP contribution in [0.5, 0.6) is 0 Å². The Kier molecular flexibility index (Phi) is 4.64. The molecule has 1 atom stereocenters. The molecule has 1 unspecified atom stereocenters. The molecule has 0 aromatic rings. The number of hydrogen-bond acceptors (Lipinski definition) is 5. The van der Waals surface area contributed by atoms with Crippen LogP contribution in [0.1, 0.15) is 41.0 Å². The van der Waals surface area contributed by atoms with E-state index in [9.17, 15) is 19.2 Å². The van der Waals surface area contributed by atoms with Crippen LogP contribution < -0.4 is 0 Å². The molecule has 0 N–H and O–H groups in total. The lowest BCUT2D eigenvalue weighted by molar-refractivity contribution is -0.162. The van der Waals surface area contributed by atoms with Gasteiger partial charge in [-0.1, -0.05) is 6.92 Å². The summed E-state index contributed by atoms with van der Waals surface area (Å²) in [6.45, 7) is 7.67. The van der Waals surface area contributed by atoms with Gasteiger partial charge < -0.3 is 0 Å². The highest BCUT2D eigenvalue weighted by Crippen LogP contribution is 2.41. The minimum atomic E-state index is -1.31. The first-order valence-corrected chi connectivity index (χ1v) is 7.41. The van der Waals surface area contributed by atoms with Crippen molar-refractivity contribution in [3.8, 4) is 0 Å². The quantitative estimate of drug-likeness (QED) is 0.636. The fraction of sp³-hybridized carbons (Fsp3) is 0.733. The second kappa shape index (κ2) is 5.43. The highest BCUT2D eigenvalue weighted by Gasteiger charge is 2.60. The molecule has 20 heavy (non-hydrogen) atoms. The topological polar surface area (TPSA) is 68.3 Å². The number of ketones is 4. The van der Waals surface area contributed by atoms with Crippen LogP contribution in [0.15, 0.2) is 0 Å². The standard InChI is InChI=1S/C15H22O4S/c1-8(6-7-20)10(16)9-11(17)14(2,3)13(19)15(4,5)12(9)18/h8-9,20H,6-7H2,1-5H3. The van der Waals surface area contributed by atoms with Gasteiger partial charge >= 0.3 is 0 Å². The molecule has 1 rings (SSSR count). The molecule has 0 saturated heterocycles. The first kappa shape index (κ1) is 17.1. The number of hydrogen-bond donors (Lipinski definition) is 1. The lowest BCUT2D eigenvalue weighted by Crippen LogP contribution is -2.59. The molecule has 1 fully saturated rings. The van der Waals surface area contributed by atoms with Gasteiger partial charge in [-0.05, 0) is 39.9 Å². The van der Waals surface area contributed by atoms with Crippen molar-refractivity contribution in [3.05, 3.63) is 0 Å². The van der Waals surface area contributed by atoms with Gasteiger partial charge in [0.25, 0.3) is 0 Å². The monoisotopic (exact) mass is 298 g/mol. The van der Waals surface area contributed by atoms with Crippen LogP contribution in [0.25, 0.3) is 0 Å². The number of rotatable bonds is 4. The zero-order chi connectivity index (χ0) is 15.9. The minimum Gasteiger partial charge on any atom is -0.298 e. The summed E-state index contributed by atoms with van der Waals surface area (Å²) in [5.41, 5.74) is -2.59. The van der Waals surface area contributed by atoms with Gasteiger partial charge in [-0.2, -0.15) is 12.6 Å². The van der Waals surface area contributed by atoms with E-state index < -0.39 is 40.0 Å². The lowest BCUT2D eigenvalue weighted by Gasteiger charge is -2.40. The normalized spacial score (nSPS) is 23.8. The van der Waals surface area contributed by atoms with Crippen LogP contribution in [-0.2, 0) is 19.2 Å². The van der Waals surface area contributed by atoms with Crippen LogP contribution >= 0.6 is 12.6 Å². The Morgan fingerprint density at radius 2 is 1.50 bits per heavy atom. The van der Waals surface area contributed by atoms with Crippen molar-refractivity contribution in [2.24, 2.45) is 22.7 Å². The van der Waals surface area contributed by atoms with Crippen molar-refractivity contribution in [3.63, 3.8) is 0 Å². The average Bonchev–Trinajstić information content (AvgIpc) is 2.36. The Balaban J connectivity index is 3.26. The average molecular weight is 298 g/mol. The van der Waals surface area contributed by atoms with Gasteiger partial charge in [-0.15, -0.1) is 0 Å². The molecule has 0 aromatic carbocycles. The number of thiol groups is 1. The predicted molar refractivity (Wildman–Crippen MR) is 78.7 cm³/mol. The van der Waals surface area contributed by atoms with Gasteiger partial charge in [0.1, 0.15) is 5.92 Å². The molecule has 1 aliphatic rings. The molecule has 0 heterocycles. The fourth-order valence-corrected chi connectivity index (χ4v) is 3.11. The van der Waals surface area contributed by atoms with Crippen molar-refractivity contribution >= 4 is 35.8 Å². The van der Waals surface area contributed by atoms with Crippen LogP contribution in [0.2, 0.25) is 0 Å². The van der Waals surface area contributed by atoms with Crippen molar-refractivity contribution in [2.45, 2.75) is 41.0 Å². The molecule has 0 bridgehead atoms. The summed E-state index contributed by atoms with van der Waals surface area (Å²) in [4.78, 5) is 49.5. The molecular formula is C15H22O4S. The Hall–Kier alpha value is -0.970. The molecule has 0 aromatic heterocycles. The van der Waals surface area contributed by atoms with E-state index in [1.54, 1.807) is 6.92 Å². The molecule has 1 saturated carbocycles. The summed E-state index contributed by atoms with van der Waals surface area (Å²) in [5.74, 6) is -3.15. The van der Waals surface area contributed by atoms with Gasteiger partial charge in [0, 0.05) is 5.92 Å². The summed E-state index contributed by atoms with van der Waals surface area (Å²) < 4.78 is 0. The third-order valence-corrected chi connectivity index (χ3v) is 4.48. The Morgan fingerprint density at radius 3 is 1.85 bits per heavy atom. The number of carbonyl (C=O) groups is 4. The van der Waals surface area contributed by atoms with Crippen molar-refractivity contribution in [1.82, 2.24) is 0 Å². The van der Waals surface area contributed by atoms with Gasteiger partial charge in [0.2, 0.25) is 0 Å². The van der Waals surface area contributed by atoms with Crippen LogP contribution in [0.3, 0.4) is 0 Å². The number of carbonyl (C=O) groups excluding carboxylic acids is 4. The largest absolute Gasteiger partial charge is 0.298 e. The Morgan fingerprint density at radius 1 is 1.10 bits per heavy atom. The van der Waals surface area contributed by atoms with Gasteiger partial charge in [0.15, 0.2) is 23.1 Å². The summed E-state index contributed by atoms with van der Waals surface area (Å²) in [6, 6.07) is 0. The SMILES string of the molecule is CC(CCS)C(=O)C1C(=O)C(C)(C)C(=O)C(C)(C)C1=O. The molecule has 4 nitrogen and oxygen atoms in total. The van der Waals surface area contributed by atoms with Crippen LogP contribution in [-0.4, -0.2) is 28.9 Å². The van der Waals surface area contributed by atoms with E-state index in [4.69, 9.17) is 0 Å². The second-order valence-corrected chi connectivity index (χ2v) is 7.00. The van der Waals surface area contributed by atoms with Crippen LogP contribution in [0, 0.1) is 22.7 Å². The first-order valence-electron chi connectivity index (χ1n) is 6.77. The molecule has 0 radical (unpaired) electrons. The highest BCUT2D eigenvalue weighted by atomic mass is 32.1. The maximum atomic E-state index is 12.4. The fourth-order valence-electron chi connectivity index (χ4n) is 2.72.